The number of hydrogen-bond acceptors (Lipinski definition) is 4. The van der Waals surface area contributed by atoms with Crippen LogP contribution in [0.15, 0.2) is 10.3 Å². The fourth-order valence-corrected chi connectivity index (χ4v) is 5.93. The molecule has 0 radical (unpaired) electrons. The van der Waals surface area contributed by atoms with Gasteiger partial charge in [-0.3, -0.25) is 0 Å². The molecule has 0 amide bonds. The lowest BCUT2D eigenvalue weighted by Gasteiger charge is -2.32. The molecular weight excluding hydrogens is 304 g/mol. The van der Waals surface area contributed by atoms with E-state index in [4.69, 9.17) is 11.6 Å². The normalized spacial score (nSPS) is 18.1. The van der Waals surface area contributed by atoms with Crippen LogP contribution in [0.5, 0.6) is 0 Å². The summed E-state index contributed by atoms with van der Waals surface area (Å²) in [7, 11) is -3.41. The average Bonchev–Trinajstić information content (AvgIpc) is 2.72. The Hall–Kier alpha value is -0.140. The standard InChI is InChI=1S/C12H19ClN2O2S2/c1-3-15(10-4-6-14-7-5-10)19(16,17)11-8-9(2)12(13)18-11/h8,10,14H,3-7H2,1-2H3. The van der Waals surface area contributed by atoms with Gasteiger partial charge in [0.15, 0.2) is 0 Å². The second-order valence-electron chi connectivity index (χ2n) is 4.71. The summed E-state index contributed by atoms with van der Waals surface area (Å²) < 4.78 is 27.9. The van der Waals surface area contributed by atoms with Crippen LogP contribution < -0.4 is 5.32 Å². The third kappa shape index (κ3) is 3.13. The van der Waals surface area contributed by atoms with Crippen molar-refractivity contribution in [3.63, 3.8) is 0 Å². The van der Waals surface area contributed by atoms with Crippen molar-refractivity contribution in [2.75, 3.05) is 19.6 Å². The van der Waals surface area contributed by atoms with Crippen molar-refractivity contribution in [2.45, 2.75) is 36.9 Å². The van der Waals surface area contributed by atoms with E-state index in [-0.39, 0.29) is 6.04 Å². The molecule has 1 N–H and O–H groups in total. The molecule has 1 saturated heterocycles. The molecular formula is C12H19ClN2O2S2. The van der Waals surface area contributed by atoms with Crippen molar-refractivity contribution >= 4 is 33.0 Å². The first-order chi connectivity index (χ1) is 8.96. The Morgan fingerprint density at radius 3 is 2.58 bits per heavy atom. The van der Waals surface area contributed by atoms with E-state index in [9.17, 15) is 8.42 Å². The van der Waals surface area contributed by atoms with E-state index >= 15 is 0 Å². The Morgan fingerprint density at radius 2 is 2.11 bits per heavy atom. The van der Waals surface area contributed by atoms with E-state index < -0.39 is 10.0 Å². The van der Waals surface area contributed by atoms with Crippen molar-refractivity contribution in [2.24, 2.45) is 0 Å². The Labute approximate surface area is 123 Å². The van der Waals surface area contributed by atoms with Crippen LogP contribution in [0.4, 0.5) is 0 Å². The number of hydrogen-bond donors (Lipinski definition) is 1. The Balaban J connectivity index is 2.29. The van der Waals surface area contributed by atoms with Gasteiger partial charge in [0.05, 0.1) is 4.34 Å². The van der Waals surface area contributed by atoms with Gasteiger partial charge in [0.1, 0.15) is 4.21 Å². The predicted molar refractivity (Wildman–Crippen MR) is 79.5 cm³/mol. The molecule has 2 rings (SSSR count). The zero-order valence-electron chi connectivity index (χ0n) is 11.1. The molecule has 7 heteroatoms. The minimum atomic E-state index is -3.41. The molecule has 1 fully saturated rings. The molecule has 0 unspecified atom stereocenters. The summed E-state index contributed by atoms with van der Waals surface area (Å²) in [6.45, 7) is 5.98. The fraction of sp³-hybridized carbons (Fsp3) is 0.667. The van der Waals surface area contributed by atoms with E-state index in [0.717, 1.165) is 42.8 Å². The van der Waals surface area contributed by atoms with Crippen LogP contribution >= 0.6 is 22.9 Å². The summed E-state index contributed by atoms with van der Waals surface area (Å²) in [5, 5.41) is 3.26. The number of aryl methyl sites for hydroxylation is 1. The zero-order valence-corrected chi connectivity index (χ0v) is 13.5. The van der Waals surface area contributed by atoms with Crippen molar-refractivity contribution in [3.8, 4) is 0 Å². The molecule has 1 aromatic rings. The van der Waals surface area contributed by atoms with Crippen molar-refractivity contribution in [1.82, 2.24) is 9.62 Å². The van der Waals surface area contributed by atoms with Crippen LogP contribution in [0.25, 0.3) is 0 Å². The van der Waals surface area contributed by atoms with Gasteiger partial charge in [0.2, 0.25) is 0 Å². The number of piperidine rings is 1. The maximum Gasteiger partial charge on any atom is 0.252 e. The number of rotatable bonds is 4. The summed E-state index contributed by atoms with van der Waals surface area (Å²) >= 11 is 7.14. The largest absolute Gasteiger partial charge is 0.317 e. The second kappa shape index (κ2) is 6.10. The Bertz CT molecular complexity index is 516. The molecule has 0 saturated carbocycles. The average molecular weight is 323 g/mol. The van der Waals surface area contributed by atoms with Gasteiger partial charge in [-0.15, -0.1) is 11.3 Å². The summed E-state index contributed by atoms with van der Waals surface area (Å²) in [5.41, 5.74) is 0.826. The Kier molecular flexibility index (Phi) is 4.89. The van der Waals surface area contributed by atoms with Crippen LogP contribution in [-0.2, 0) is 10.0 Å². The van der Waals surface area contributed by atoms with Gasteiger partial charge < -0.3 is 5.32 Å². The minimum Gasteiger partial charge on any atom is -0.317 e. The smallest absolute Gasteiger partial charge is 0.252 e. The third-order valence-electron chi connectivity index (χ3n) is 3.43. The lowest BCUT2D eigenvalue weighted by molar-refractivity contribution is 0.271. The third-order valence-corrected chi connectivity index (χ3v) is 7.46. The van der Waals surface area contributed by atoms with Crippen LogP contribution in [0.2, 0.25) is 4.34 Å². The number of sulfonamides is 1. The summed E-state index contributed by atoms with van der Waals surface area (Å²) in [5.74, 6) is 0. The van der Waals surface area contributed by atoms with Crippen molar-refractivity contribution in [1.29, 1.82) is 0 Å². The lowest BCUT2D eigenvalue weighted by Crippen LogP contribution is -2.45. The zero-order chi connectivity index (χ0) is 14.0. The molecule has 0 spiro atoms. The molecule has 1 aliphatic heterocycles. The highest BCUT2D eigenvalue weighted by Gasteiger charge is 2.32. The van der Waals surface area contributed by atoms with Crippen molar-refractivity contribution < 1.29 is 8.42 Å². The molecule has 1 aromatic heterocycles. The molecule has 1 aliphatic rings. The van der Waals surface area contributed by atoms with Gasteiger partial charge in [-0.25, -0.2) is 8.42 Å². The van der Waals surface area contributed by atoms with Gasteiger partial charge in [-0.05, 0) is 44.5 Å². The quantitative estimate of drug-likeness (QED) is 0.926. The topological polar surface area (TPSA) is 49.4 Å². The molecule has 0 aromatic carbocycles. The first kappa shape index (κ1) is 15.3. The second-order valence-corrected chi connectivity index (χ2v) is 8.48. The van der Waals surface area contributed by atoms with Gasteiger partial charge in [-0.1, -0.05) is 18.5 Å². The molecule has 0 aliphatic carbocycles. The SMILES string of the molecule is CCN(C1CCNCC1)S(=O)(=O)c1cc(C)c(Cl)s1. The number of nitrogens with one attached hydrogen (secondary N) is 1. The molecule has 19 heavy (non-hydrogen) atoms. The van der Waals surface area contributed by atoms with E-state index in [1.165, 1.54) is 0 Å². The monoisotopic (exact) mass is 322 g/mol. The maximum absolute atomic E-state index is 12.7. The number of thiophene rings is 1. The van der Waals surface area contributed by atoms with Crippen LogP contribution in [0.1, 0.15) is 25.3 Å². The highest BCUT2D eigenvalue weighted by molar-refractivity contribution is 7.91. The molecule has 0 atom stereocenters. The minimum absolute atomic E-state index is 0.0948. The molecule has 108 valence electrons. The molecule has 4 nitrogen and oxygen atoms in total. The molecule has 2 heterocycles. The number of nitrogens with zero attached hydrogens (tertiary/aromatic N) is 1. The van der Waals surface area contributed by atoms with Gasteiger partial charge in [-0.2, -0.15) is 4.31 Å². The lowest BCUT2D eigenvalue weighted by atomic mass is 10.1. The van der Waals surface area contributed by atoms with Crippen LogP contribution in [0.3, 0.4) is 0 Å². The fourth-order valence-electron chi connectivity index (χ4n) is 2.39. The maximum atomic E-state index is 12.7. The van der Waals surface area contributed by atoms with Crippen LogP contribution in [-0.4, -0.2) is 38.4 Å². The first-order valence-electron chi connectivity index (χ1n) is 6.45. The Morgan fingerprint density at radius 1 is 1.47 bits per heavy atom. The van der Waals surface area contributed by atoms with Gasteiger partial charge >= 0.3 is 0 Å². The van der Waals surface area contributed by atoms with E-state index in [1.54, 1.807) is 10.4 Å². The summed E-state index contributed by atoms with van der Waals surface area (Å²) in [6, 6.07) is 1.77. The van der Waals surface area contributed by atoms with Crippen LogP contribution in [0, 0.1) is 6.92 Å². The highest BCUT2D eigenvalue weighted by Crippen LogP contribution is 2.33. The van der Waals surface area contributed by atoms with E-state index in [2.05, 4.69) is 5.32 Å². The first-order valence-corrected chi connectivity index (χ1v) is 9.08. The summed E-state index contributed by atoms with van der Waals surface area (Å²) in [6.07, 6.45) is 1.73. The van der Waals surface area contributed by atoms with Gasteiger partial charge in [0, 0.05) is 12.6 Å². The van der Waals surface area contributed by atoms with Crippen molar-refractivity contribution in [3.05, 3.63) is 16.0 Å². The predicted octanol–water partition coefficient (Wildman–Crippen LogP) is 2.47. The van der Waals surface area contributed by atoms with E-state index in [1.807, 2.05) is 13.8 Å². The number of halogens is 1. The van der Waals surface area contributed by atoms with Gasteiger partial charge in [0.25, 0.3) is 10.0 Å². The summed E-state index contributed by atoms with van der Waals surface area (Å²) in [4.78, 5) is 0. The molecule has 0 bridgehead atoms. The van der Waals surface area contributed by atoms with E-state index in [0.29, 0.717) is 15.1 Å². The highest BCUT2D eigenvalue weighted by atomic mass is 35.5.